The quantitative estimate of drug-likeness (QED) is 0.139. The van der Waals surface area contributed by atoms with Gasteiger partial charge in [0, 0.05) is 54.5 Å². The Bertz CT molecular complexity index is 1340. The van der Waals surface area contributed by atoms with Crippen LogP contribution in [0.4, 0.5) is 17.6 Å². The van der Waals surface area contributed by atoms with Gasteiger partial charge in [-0.3, -0.25) is 14.8 Å². The zero-order valence-electron chi connectivity index (χ0n) is 26.3. The zero-order chi connectivity index (χ0) is 33.6. The van der Waals surface area contributed by atoms with Gasteiger partial charge in [-0.25, -0.2) is 9.37 Å². The second kappa shape index (κ2) is 17.7. The number of halogens is 4. The van der Waals surface area contributed by atoms with E-state index in [1.54, 1.807) is 31.3 Å². The van der Waals surface area contributed by atoms with E-state index in [-0.39, 0.29) is 12.5 Å². The molecule has 2 unspecified atom stereocenters. The molecule has 0 aromatic carbocycles. The van der Waals surface area contributed by atoms with Crippen LogP contribution >= 0.6 is 0 Å². The summed E-state index contributed by atoms with van der Waals surface area (Å²) in [5.41, 5.74) is -1.27. The van der Waals surface area contributed by atoms with E-state index >= 15 is 0 Å². The Morgan fingerprint density at radius 3 is 2.20 bits per heavy atom. The van der Waals surface area contributed by atoms with Gasteiger partial charge in [0.05, 0.1) is 44.8 Å². The van der Waals surface area contributed by atoms with E-state index in [2.05, 4.69) is 20.3 Å². The number of amides is 1. The Labute approximate surface area is 265 Å². The number of rotatable bonds is 19. The van der Waals surface area contributed by atoms with E-state index < -0.39 is 41.0 Å². The standard InChI is InChI=1S/C32H40F4N4O6/c1-5-42-12-13-43-14-15-44-16-17-45-26-10-11-37-28(19-26)27(18-25-8-7-24(33)21-38-25)22(2)40-30(41)31(3,4)46-29-9-6-23(20-39-29)32(34,35)36/h6-11,19-22,27H,5,12-18H2,1-4H3,(H,40,41). The lowest BCUT2D eigenvalue weighted by Gasteiger charge is -2.30. The van der Waals surface area contributed by atoms with Crippen LogP contribution in [0.2, 0.25) is 0 Å². The molecule has 0 aliphatic carbocycles. The van der Waals surface area contributed by atoms with Gasteiger partial charge >= 0.3 is 6.18 Å². The summed E-state index contributed by atoms with van der Waals surface area (Å²) >= 11 is 0. The Morgan fingerprint density at radius 2 is 1.59 bits per heavy atom. The fourth-order valence-electron chi connectivity index (χ4n) is 4.21. The predicted octanol–water partition coefficient (Wildman–Crippen LogP) is 5.17. The van der Waals surface area contributed by atoms with Crippen molar-refractivity contribution in [2.75, 3.05) is 46.2 Å². The third-order valence-electron chi connectivity index (χ3n) is 6.73. The van der Waals surface area contributed by atoms with Crippen LogP contribution in [-0.2, 0) is 31.6 Å². The summed E-state index contributed by atoms with van der Waals surface area (Å²) in [5.74, 6) is -1.06. The van der Waals surface area contributed by atoms with Crippen molar-refractivity contribution in [1.82, 2.24) is 20.3 Å². The SMILES string of the molecule is CCOCCOCCOCCOc1ccnc(C(Cc2ccc(F)cn2)C(C)NC(=O)C(C)(C)Oc2ccc(C(F)(F)F)cn2)c1. The highest BCUT2D eigenvalue weighted by molar-refractivity contribution is 5.85. The Kier molecular flexibility index (Phi) is 14.1. The molecule has 0 aliphatic heterocycles. The van der Waals surface area contributed by atoms with Crippen LogP contribution in [0.15, 0.2) is 55.0 Å². The molecule has 3 aromatic heterocycles. The number of alkyl halides is 3. The maximum absolute atomic E-state index is 13.6. The molecule has 1 amide bonds. The molecule has 0 fully saturated rings. The summed E-state index contributed by atoms with van der Waals surface area (Å²) in [4.78, 5) is 25.7. The first kappa shape index (κ1) is 36.6. The monoisotopic (exact) mass is 652 g/mol. The highest BCUT2D eigenvalue weighted by Gasteiger charge is 2.35. The summed E-state index contributed by atoms with van der Waals surface area (Å²) < 4.78 is 80.0. The molecule has 3 aromatic rings. The number of carbonyl (C=O) groups excluding carboxylic acids is 1. The predicted molar refractivity (Wildman–Crippen MR) is 160 cm³/mol. The van der Waals surface area contributed by atoms with Gasteiger partial charge in [0.25, 0.3) is 5.91 Å². The van der Waals surface area contributed by atoms with Crippen LogP contribution in [-0.4, -0.2) is 78.8 Å². The molecule has 3 rings (SSSR count). The van der Waals surface area contributed by atoms with Crippen molar-refractivity contribution in [2.24, 2.45) is 0 Å². The third-order valence-corrected chi connectivity index (χ3v) is 6.73. The fraction of sp³-hybridized carbons (Fsp3) is 0.500. The third kappa shape index (κ3) is 12.1. The average Bonchev–Trinajstić information content (AvgIpc) is 3.01. The van der Waals surface area contributed by atoms with Gasteiger partial charge in [-0.2, -0.15) is 13.2 Å². The molecule has 3 heterocycles. The van der Waals surface area contributed by atoms with Gasteiger partial charge in [-0.1, -0.05) is 0 Å². The number of pyridine rings is 3. The van der Waals surface area contributed by atoms with Crippen molar-refractivity contribution in [3.05, 3.63) is 77.8 Å². The van der Waals surface area contributed by atoms with Crippen LogP contribution in [0, 0.1) is 5.82 Å². The highest BCUT2D eigenvalue weighted by Crippen LogP contribution is 2.30. The first-order valence-corrected chi connectivity index (χ1v) is 14.8. The lowest BCUT2D eigenvalue weighted by atomic mass is 9.90. The highest BCUT2D eigenvalue weighted by atomic mass is 19.4. The van der Waals surface area contributed by atoms with Crippen molar-refractivity contribution in [3.63, 3.8) is 0 Å². The second-order valence-corrected chi connectivity index (χ2v) is 10.7. The molecular weight excluding hydrogens is 612 g/mol. The summed E-state index contributed by atoms with van der Waals surface area (Å²) in [6.45, 7) is 9.81. The number of carbonyl (C=O) groups is 1. The van der Waals surface area contributed by atoms with E-state index in [1.165, 1.54) is 19.9 Å². The van der Waals surface area contributed by atoms with Crippen molar-refractivity contribution in [3.8, 4) is 11.6 Å². The van der Waals surface area contributed by atoms with E-state index in [0.29, 0.717) is 69.4 Å². The van der Waals surface area contributed by atoms with Crippen molar-refractivity contribution in [1.29, 1.82) is 0 Å². The normalized spacial score (nSPS) is 13.2. The van der Waals surface area contributed by atoms with Gasteiger partial charge in [-0.05, 0) is 58.4 Å². The van der Waals surface area contributed by atoms with Crippen molar-refractivity contribution >= 4 is 5.91 Å². The molecule has 46 heavy (non-hydrogen) atoms. The molecule has 0 aliphatic rings. The maximum atomic E-state index is 13.6. The average molecular weight is 653 g/mol. The molecule has 0 spiro atoms. The second-order valence-electron chi connectivity index (χ2n) is 10.7. The number of nitrogens with one attached hydrogen (secondary N) is 1. The van der Waals surface area contributed by atoms with Crippen LogP contribution in [0.5, 0.6) is 11.6 Å². The zero-order valence-corrected chi connectivity index (χ0v) is 26.3. The minimum atomic E-state index is -4.55. The Hall–Kier alpha value is -3.88. The van der Waals surface area contributed by atoms with E-state index in [4.69, 9.17) is 23.7 Å². The number of hydrogen-bond donors (Lipinski definition) is 1. The molecule has 1 N–H and O–H groups in total. The largest absolute Gasteiger partial charge is 0.491 e. The number of hydrogen-bond acceptors (Lipinski definition) is 9. The van der Waals surface area contributed by atoms with E-state index in [1.807, 2.05) is 6.92 Å². The Balaban J connectivity index is 1.64. The minimum absolute atomic E-state index is 0.141. The molecule has 0 radical (unpaired) electrons. The Morgan fingerprint density at radius 1 is 0.891 bits per heavy atom. The number of nitrogens with zero attached hydrogens (tertiary/aromatic N) is 3. The van der Waals surface area contributed by atoms with Crippen LogP contribution in [0.3, 0.4) is 0 Å². The van der Waals surface area contributed by atoms with Crippen molar-refractivity contribution in [2.45, 2.75) is 57.9 Å². The lowest BCUT2D eigenvalue weighted by molar-refractivity contribution is -0.138. The molecule has 10 nitrogen and oxygen atoms in total. The van der Waals surface area contributed by atoms with Crippen LogP contribution < -0.4 is 14.8 Å². The molecule has 0 saturated carbocycles. The molecule has 2 atom stereocenters. The number of aromatic nitrogens is 3. The van der Waals surface area contributed by atoms with Crippen LogP contribution in [0.1, 0.15) is 50.6 Å². The smallest absolute Gasteiger partial charge is 0.417 e. The lowest BCUT2D eigenvalue weighted by Crippen LogP contribution is -2.51. The molecule has 14 heteroatoms. The molecule has 252 valence electrons. The van der Waals surface area contributed by atoms with Gasteiger partial charge < -0.3 is 29.0 Å². The molecule has 0 saturated heterocycles. The summed E-state index contributed by atoms with van der Waals surface area (Å²) in [6, 6.07) is 7.65. The molecule has 0 bridgehead atoms. The van der Waals surface area contributed by atoms with Crippen LogP contribution in [0.25, 0.3) is 0 Å². The first-order valence-electron chi connectivity index (χ1n) is 14.8. The summed E-state index contributed by atoms with van der Waals surface area (Å²) in [5, 5.41) is 2.92. The van der Waals surface area contributed by atoms with Gasteiger partial charge in [-0.15, -0.1) is 0 Å². The fourth-order valence-corrected chi connectivity index (χ4v) is 4.21. The van der Waals surface area contributed by atoms with E-state index in [9.17, 15) is 22.4 Å². The number of ether oxygens (including phenoxy) is 5. The maximum Gasteiger partial charge on any atom is 0.417 e. The summed E-state index contributed by atoms with van der Waals surface area (Å²) in [6.07, 6.45) is -0.913. The molecular formula is C32H40F4N4O6. The van der Waals surface area contributed by atoms with Crippen molar-refractivity contribution < 1.29 is 46.0 Å². The summed E-state index contributed by atoms with van der Waals surface area (Å²) in [7, 11) is 0. The first-order chi connectivity index (χ1) is 21.9. The van der Waals surface area contributed by atoms with Gasteiger partial charge in [0.1, 0.15) is 18.2 Å². The van der Waals surface area contributed by atoms with E-state index in [0.717, 1.165) is 18.3 Å². The minimum Gasteiger partial charge on any atom is -0.491 e. The topological polar surface area (TPSA) is 114 Å². The van der Waals surface area contributed by atoms with Gasteiger partial charge in [0.2, 0.25) is 5.88 Å². The van der Waals surface area contributed by atoms with Gasteiger partial charge in [0.15, 0.2) is 5.60 Å².